The standard InChI is InChI=1S/C26H22ClFN4O4S/c1-17-13-24(33)31-26(29-17)18-6-4-7-21(14-18)30-25(34)16-32(15-19-5-2-3-8-23(19)28)37(35,36)22-11-9-20(27)10-12-22/h2-14H,15-16H2,1H3,(H,30,34)(H,29,31,33). The second kappa shape index (κ2) is 11.0. The molecule has 0 spiro atoms. The van der Waals surface area contributed by atoms with E-state index in [1.54, 1.807) is 37.3 Å². The number of carbonyl (C=O) groups excluding carboxylic acids is 1. The van der Waals surface area contributed by atoms with Crippen LogP contribution in [-0.2, 0) is 21.4 Å². The highest BCUT2D eigenvalue weighted by atomic mass is 35.5. The van der Waals surface area contributed by atoms with Crippen LogP contribution in [0.1, 0.15) is 11.3 Å². The van der Waals surface area contributed by atoms with Crippen LogP contribution in [0.15, 0.2) is 88.6 Å². The molecule has 1 amide bonds. The number of aryl methyl sites for hydroxylation is 1. The fourth-order valence-corrected chi connectivity index (χ4v) is 5.12. The van der Waals surface area contributed by atoms with Crippen molar-refractivity contribution in [3.8, 4) is 11.4 Å². The maximum atomic E-state index is 14.4. The normalized spacial score (nSPS) is 11.5. The molecular formula is C26H22ClFN4O4S. The van der Waals surface area contributed by atoms with Crippen LogP contribution in [0.4, 0.5) is 10.1 Å². The molecule has 11 heteroatoms. The molecule has 0 fully saturated rings. The third kappa shape index (κ3) is 6.48. The highest BCUT2D eigenvalue weighted by Crippen LogP contribution is 2.23. The van der Waals surface area contributed by atoms with Crippen LogP contribution in [0, 0.1) is 12.7 Å². The van der Waals surface area contributed by atoms with Gasteiger partial charge >= 0.3 is 0 Å². The summed E-state index contributed by atoms with van der Waals surface area (Å²) in [7, 11) is -4.18. The largest absolute Gasteiger partial charge is 0.325 e. The lowest BCUT2D eigenvalue weighted by atomic mass is 10.2. The molecule has 0 aliphatic carbocycles. The number of H-pyrrole nitrogens is 1. The Morgan fingerprint density at radius 3 is 2.49 bits per heavy atom. The minimum absolute atomic E-state index is 0.0856. The summed E-state index contributed by atoms with van der Waals surface area (Å²) in [6.07, 6.45) is 0. The number of amides is 1. The summed E-state index contributed by atoms with van der Waals surface area (Å²) < 4.78 is 42.0. The van der Waals surface area contributed by atoms with Crippen molar-refractivity contribution in [1.29, 1.82) is 0 Å². The van der Waals surface area contributed by atoms with Crippen LogP contribution in [0.5, 0.6) is 0 Å². The molecule has 0 aliphatic heterocycles. The Hall–Kier alpha value is -3.86. The number of anilines is 1. The third-order valence-corrected chi connectivity index (χ3v) is 7.42. The Labute approximate surface area is 217 Å². The summed E-state index contributed by atoms with van der Waals surface area (Å²) in [5.41, 5.74) is 1.25. The Kier molecular flexibility index (Phi) is 7.82. The van der Waals surface area contributed by atoms with E-state index in [1.165, 1.54) is 48.5 Å². The van der Waals surface area contributed by atoms with Crippen LogP contribution in [0.3, 0.4) is 0 Å². The minimum Gasteiger partial charge on any atom is -0.325 e. The number of nitrogens with one attached hydrogen (secondary N) is 2. The fraction of sp³-hybridized carbons (Fsp3) is 0.115. The molecule has 8 nitrogen and oxygen atoms in total. The minimum atomic E-state index is -4.18. The molecule has 0 bridgehead atoms. The van der Waals surface area contributed by atoms with Crippen LogP contribution < -0.4 is 10.9 Å². The van der Waals surface area contributed by atoms with Gasteiger partial charge in [-0.15, -0.1) is 0 Å². The van der Waals surface area contributed by atoms with Crippen molar-refractivity contribution in [3.05, 3.63) is 111 Å². The van der Waals surface area contributed by atoms with Crippen molar-refractivity contribution in [2.24, 2.45) is 0 Å². The lowest BCUT2D eigenvalue weighted by molar-refractivity contribution is -0.116. The SMILES string of the molecule is Cc1cc(=O)[nH]c(-c2cccc(NC(=O)CN(Cc3ccccc3F)S(=O)(=O)c3ccc(Cl)cc3)c2)n1. The van der Waals surface area contributed by atoms with E-state index in [2.05, 4.69) is 15.3 Å². The first-order valence-electron chi connectivity index (χ1n) is 11.1. The van der Waals surface area contributed by atoms with Crippen molar-refractivity contribution in [3.63, 3.8) is 0 Å². The molecule has 0 unspecified atom stereocenters. The molecule has 1 heterocycles. The quantitative estimate of drug-likeness (QED) is 0.345. The highest BCUT2D eigenvalue weighted by molar-refractivity contribution is 7.89. The molecular weight excluding hydrogens is 519 g/mol. The number of rotatable bonds is 8. The summed E-state index contributed by atoms with van der Waals surface area (Å²) in [5.74, 6) is -0.907. The molecule has 0 aliphatic rings. The second-order valence-electron chi connectivity index (χ2n) is 8.18. The molecule has 0 saturated heterocycles. The number of carbonyl (C=O) groups is 1. The van der Waals surface area contributed by atoms with Gasteiger partial charge in [-0.25, -0.2) is 17.8 Å². The summed E-state index contributed by atoms with van der Waals surface area (Å²) >= 11 is 5.89. The first-order valence-corrected chi connectivity index (χ1v) is 12.9. The average molecular weight is 541 g/mol. The first-order chi connectivity index (χ1) is 17.6. The van der Waals surface area contributed by atoms with Crippen LogP contribution in [-0.4, -0.2) is 35.1 Å². The number of aromatic amines is 1. The highest BCUT2D eigenvalue weighted by Gasteiger charge is 2.28. The lowest BCUT2D eigenvalue weighted by Crippen LogP contribution is -2.37. The monoisotopic (exact) mass is 540 g/mol. The average Bonchev–Trinajstić information content (AvgIpc) is 2.85. The number of aromatic nitrogens is 2. The molecule has 0 atom stereocenters. The number of nitrogens with zero attached hydrogens (tertiary/aromatic N) is 2. The molecule has 0 saturated carbocycles. The van der Waals surface area contributed by atoms with E-state index in [-0.39, 0.29) is 22.6 Å². The van der Waals surface area contributed by atoms with Gasteiger partial charge in [0.1, 0.15) is 11.6 Å². The second-order valence-corrected chi connectivity index (χ2v) is 10.6. The molecule has 3 aromatic carbocycles. The van der Waals surface area contributed by atoms with Crippen molar-refractivity contribution >= 4 is 33.2 Å². The third-order valence-electron chi connectivity index (χ3n) is 5.37. The number of hydrogen-bond acceptors (Lipinski definition) is 5. The maximum absolute atomic E-state index is 14.4. The molecule has 1 aromatic heterocycles. The number of benzene rings is 3. The van der Waals surface area contributed by atoms with Crippen LogP contribution >= 0.6 is 11.6 Å². The van der Waals surface area contributed by atoms with E-state index in [9.17, 15) is 22.4 Å². The number of halogens is 2. The van der Waals surface area contributed by atoms with Crippen LogP contribution in [0.25, 0.3) is 11.4 Å². The van der Waals surface area contributed by atoms with Crippen molar-refractivity contribution < 1.29 is 17.6 Å². The Morgan fingerprint density at radius 2 is 1.78 bits per heavy atom. The van der Waals surface area contributed by atoms with E-state index >= 15 is 0 Å². The van der Waals surface area contributed by atoms with E-state index in [0.717, 1.165) is 4.31 Å². The van der Waals surface area contributed by atoms with Crippen LogP contribution in [0.2, 0.25) is 5.02 Å². The molecule has 37 heavy (non-hydrogen) atoms. The molecule has 2 N–H and O–H groups in total. The smallest absolute Gasteiger partial charge is 0.251 e. The zero-order valence-corrected chi connectivity index (χ0v) is 21.2. The predicted molar refractivity (Wildman–Crippen MR) is 139 cm³/mol. The van der Waals surface area contributed by atoms with Crippen molar-refractivity contribution in [2.45, 2.75) is 18.4 Å². The van der Waals surface area contributed by atoms with Gasteiger partial charge in [0.05, 0.1) is 11.4 Å². The summed E-state index contributed by atoms with van der Waals surface area (Å²) in [4.78, 5) is 31.6. The molecule has 190 valence electrons. The van der Waals surface area contributed by atoms with E-state index in [1.807, 2.05) is 0 Å². The van der Waals surface area contributed by atoms with Gasteiger partial charge in [0.2, 0.25) is 15.9 Å². The van der Waals surface area contributed by atoms with Gasteiger partial charge in [0.25, 0.3) is 5.56 Å². The Balaban J connectivity index is 1.60. The Bertz CT molecular complexity index is 1610. The van der Waals surface area contributed by atoms with Gasteiger partial charge in [-0.2, -0.15) is 4.31 Å². The topological polar surface area (TPSA) is 112 Å². The summed E-state index contributed by atoms with van der Waals surface area (Å²) in [5, 5.41) is 3.01. The zero-order chi connectivity index (χ0) is 26.6. The summed E-state index contributed by atoms with van der Waals surface area (Å²) in [6.45, 7) is 0.748. The number of sulfonamides is 1. The lowest BCUT2D eigenvalue weighted by Gasteiger charge is -2.22. The van der Waals surface area contributed by atoms with Gasteiger partial charge < -0.3 is 10.3 Å². The van der Waals surface area contributed by atoms with E-state index in [0.29, 0.717) is 27.8 Å². The first kappa shape index (κ1) is 26.2. The van der Waals surface area contributed by atoms with Gasteiger partial charge in [-0.3, -0.25) is 9.59 Å². The molecule has 4 aromatic rings. The zero-order valence-electron chi connectivity index (χ0n) is 19.6. The Morgan fingerprint density at radius 1 is 1.05 bits per heavy atom. The predicted octanol–water partition coefficient (Wildman–Crippen LogP) is 4.37. The summed E-state index contributed by atoms with van der Waals surface area (Å²) in [6, 6.07) is 19.2. The fourth-order valence-electron chi connectivity index (χ4n) is 3.62. The number of hydrogen-bond donors (Lipinski definition) is 2. The van der Waals surface area contributed by atoms with E-state index in [4.69, 9.17) is 11.6 Å². The van der Waals surface area contributed by atoms with Gasteiger partial charge in [-0.05, 0) is 49.4 Å². The molecule has 0 radical (unpaired) electrons. The van der Waals surface area contributed by atoms with E-state index < -0.39 is 28.3 Å². The van der Waals surface area contributed by atoms with Crippen molar-refractivity contribution in [1.82, 2.24) is 14.3 Å². The van der Waals surface area contributed by atoms with Gasteiger partial charge in [0.15, 0.2) is 0 Å². The maximum Gasteiger partial charge on any atom is 0.251 e. The van der Waals surface area contributed by atoms with Gasteiger partial charge in [0, 0.05) is 40.1 Å². The van der Waals surface area contributed by atoms with Crippen molar-refractivity contribution in [2.75, 3.05) is 11.9 Å². The van der Waals surface area contributed by atoms with Gasteiger partial charge in [-0.1, -0.05) is 41.9 Å². The molecule has 4 rings (SSSR count).